The lowest BCUT2D eigenvalue weighted by Crippen LogP contribution is -1.89. The number of thiophene rings is 1. The van der Waals surface area contributed by atoms with Gasteiger partial charge in [-0.3, -0.25) is 0 Å². The van der Waals surface area contributed by atoms with Crippen molar-refractivity contribution in [1.29, 1.82) is 0 Å². The van der Waals surface area contributed by atoms with Crippen LogP contribution in [-0.4, -0.2) is 9.97 Å². The van der Waals surface area contributed by atoms with Gasteiger partial charge in [0.25, 0.3) is 0 Å². The summed E-state index contributed by atoms with van der Waals surface area (Å²) in [6.45, 7) is 2.09. The van der Waals surface area contributed by atoms with Crippen LogP contribution in [0.3, 0.4) is 0 Å². The van der Waals surface area contributed by atoms with Gasteiger partial charge in [0.05, 0.1) is 10.6 Å². The second kappa shape index (κ2) is 3.68. The van der Waals surface area contributed by atoms with Crippen LogP contribution in [0.4, 0.5) is 0 Å². The van der Waals surface area contributed by atoms with Crippen LogP contribution in [-0.2, 0) is 0 Å². The fourth-order valence-electron chi connectivity index (χ4n) is 1.77. The Labute approximate surface area is 97.6 Å². The number of hydrogen-bond donors (Lipinski definition) is 0. The molecule has 3 aromatic heterocycles. The molecule has 0 radical (unpaired) electrons. The third-order valence-electron chi connectivity index (χ3n) is 2.53. The highest BCUT2D eigenvalue weighted by Gasteiger charge is 2.06. The molecule has 0 aliphatic rings. The standard InChI is InChI=1S/C13H10N2S/c1-9-8-10-4-2-6-14-13(10)15-12(9)11-5-3-7-16-11/h2-8H,1H3. The first-order chi connectivity index (χ1) is 7.84. The zero-order chi connectivity index (χ0) is 11.0. The molecule has 3 rings (SSSR count). The molecule has 16 heavy (non-hydrogen) atoms. The van der Waals surface area contributed by atoms with Crippen molar-refractivity contribution >= 4 is 22.4 Å². The molecule has 3 heteroatoms. The number of pyridine rings is 2. The molecule has 3 heterocycles. The van der Waals surface area contributed by atoms with Crippen molar-refractivity contribution in [1.82, 2.24) is 9.97 Å². The number of rotatable bonds is 1. The largest absolute Gasteiger partial charge is 0.237 e. The zero-order valence-electron chi connectivity index (χ0n) is 8.84. The second-order valence-electron chi connectivity index (χ2n) is 3.68. The maximum absolute atomic E-state index is 4.62. The summed E-state index contributed by atoms with van der Waals surface area (Å²) in [6, 6.07) is 10.3. The summed E-state index contributed by atoms with van der Waals surface area (Å²) in [7, 11) is 0. The van der Waals surface area contributed by atoms with Crippen molar-refractivity contribution in [2.45, 2.75) is 6.92 Å². The van der Waals surface area contributed by atoms with Gasteiger partial charge in [-0.1, -0.05) is 6.07 Å². The Balaban J connectivity index is 2.30. The van der Waals surface area contributed by atoms with Crippen molar-refractivity contribution in [3.63, 3.8) is 0 Å². The summed E-state index contributed by atoms with van der Waals surface area (Å²) < 4.78 is 0. The van der Waals surface area contributed by atoms with E-state index in [1.165, 1.54) is 10.4 Å². The van der Waals surface area contributed by atoms with E-state index in [0.717, 1.165) is 16.7 Å². The Morgan fingerprint density at radius 1 is 1.19 bits per heavy atom. The highest BCUT2D eigenvalue weighted by Crippen LogP contribution is 2.27. The highest BCUT2D eigenvalue weighted by atomic mass is 32.1. The van der Waals surface area contributed by atoms with Crippen LogP contribution < -0.4 is 0 Å². The van der Waals surface area contributed by atoms with Gasteiger partial charge in [-0.2, -0.15) is 0 Å². The van der Waals surface area contributed by atoms with E-state index < -0.39 is 0 Å². The molecule has 0 saturated heterocycles. The van der Waals surface area contributed by atoms with Crippen molar-refractivity contribution in [3.05, 3.63) is 47.5 Å². The smallest absolute Gasteiger partial charge is 0.159 e. The molecule has 3 aromatic rings. The molecule has 0 N–H and O–H groups in total. The summed E-state index contributed by atoms with van der Waals surface area (Å²) in [5, 5.41) is 3.17. The van der Waals surface area contributed by atoms with Crippen LogP contribution in [0.25, 0.3) is 21.6 Å². The Bertz CT molecular complexity index is 629. The first-order valence-electron chi connectivity index (χ1n) is 5.11. The van der Waals surface area contributed by atoms with Gasteiger partial charge in [0, 0.05) is 11.6 Å². The number of aromatic nitrogens is 2. The maximum Gasteiger partial charge on any atom is 0.159 e. The van der Waals surface area contributed by atoms with E-state index in [4.69, 9.17) is 0 Å². The molecule has 0 amide bonds. The van der Waals surface area contributed by atoms with E-state index in [9.17, 15) is 0 Å². The lowest BCUT2D eigenvalue weighted by molar-refractivity contribution is 1.26. The van der Waals surface area contributed by atoms with Crippen LogP contribution in [0, 0.1) is 6.92 Å². The number of aryl methyl sites for hydroxylation is 1. The van der Waals surface area contributed by atoms with Gasteiger partial charge in [-0.05, 0) is 42.1 Å². The van der Waals surface area contributed by atoms with Gasteiger partial charge in [-0.25, -0.2) is 9.97 Å². The predicted octanol–water partition coefficient (Wildman–Crippen LogP) is 3.67. The first kappa shape index (κ1) is 9.48. The molecule has 0 unspecified atom stereocenters. The van der Waals surface area contributed by atoms with Gasteiger partial charge in [-0.15, -0.1) is 11.3 Å². The third kappa shape index (κ3) is 1.49. The molecule has 78 valence electrons. The third-order valence-corrected chi connectivity index (χ3v) is 3.41. The molecule has 0 aromatic carbocycles. The van der Waals surface area contributed by atoms with E-state index in [1.54, 1.807) is 17.5 Å². The molecule has 0 saturated carbocycles. The Morgan fingerprint density at radius 2 is 2.12 bits per heavy atom. The van der Waals surface area contributed by atoms with E-state index in [1.807, 2.05) is 18.2 Å². The van der Waals surface area contributed by atoms with Crippen LogP contribution in [0.1, 0.15) is 5.56 Å². The van der Waals surface area contributed by atoms with Gasteiger partial charge >= 0.3 is 0 Å². The number of hydrogen-bond acceptors (Lipinski definition) is 3. The Hall–Kier alpha value is -1.74. The average Bonchev–Trinajstić information content (AvgIpc) is 2.81. The van der Waals surface area contributed by atoms with Crippen molar-refractivity contribution in [2.75, 3.05) is 0 Å². The molecule has 2 nitrogen and oxygen atoms in total. The highest BCUT2D eigenvalue weighted by molar-refractivity contribution is 7.13. The predicted molar refractivity (Wildman–Crippen MR) is 67.6 cm³/mol. The summed E-state index contributed by atoms with van der Waals surface area (Å²) in [5.74, 6) is 0. The quantitative estimate of drug-likeness (QED) is 0.632. The summed E-state index contributed by atoms with van der Waals surface area (Å²) in [6.07, 6.45) is 1.78. The minimum Gasteiger partial charge on any atom is -0.237 e. The minimum absolute atomic E-state index is 0.816. The molecule has 0 spiro atoms. The average molecular weight is 226 g/mol. The van der Waals surface area contributed by atoms with E-state index in [-0.39, 0.29) is 0 Å². The molecule has 0 aliphatic heterocycles. The van der Waals surface area contributed by atoms with Crippen LogP contribution in [0.5, 0.6) is 0 Å². The molecule has 0 atom stereocenters. The van der Waals surface area contributed by atoms with Crippen LogP contribution >= 0.6 is 11.3 Å². The molecular formula is C13H10N2S. The fourth-order valence-corrected chi connectivity index (χ4v) is 2.55. The Kier molecular flexibility index (Phi) is 2.18. The molecule has 0 bridgehead atoms. The Morgan fingerprint density at radius 3 is 2.94 bits per heavy atom. The monoisotopic (exact) mass is 226 g/mol. The van der Waals surface area contributed by atoms with E-state index >= 15 is 0 Å². The first-order valence-corrected chi connectivity index (χ1v) is 5.99. The zero-order valence-corrected chi connectivity index (χ0v) is 9.66. The van der Waals surface area contributed by atoms with Gasteiger partial charge in [0.1, 0.15) is 0 Å². The van der Waals surface area contributed by atoms with Crippen molar-refractivity contribution in [3.8, 4) is 10.6 Å². The topological polar surface area (TPSA) is 25.8 Å². The number of nitrogens with zero attached hydrogens (tertiary/aromatic N) is 2. The molecule has 0 fully saturated rings. The summed E-state index contributed by atoms with van der Waals surface area (Å²) in [4.78, 5) is 10.1. The van der Waals surface area contributed by atoms with Crippen molar-refractivity contribution in [2.24, 2.45) is 0 Å². The minimum atomic E-state index is 0.816. The van der Waals surface area contributed by atoms with E-state index in [2.05, 4.69) is 34.4 Å². The second-order valence-corrected chi connectivity index (χ2v) is 4.63. The molecular weight excluding hydrogens is 216 g/mol. The van der Waals surface area contributed by atoms with Gasteiger partial charge < -0.3 is 0 Å². The SMILES string of the molecule is Cc1cc2cccnc2nc1-c1cccs1. The summed E-state index contributed by atoms with van der Waals surface area (Å²) >= 11 is 1.71. The lowest BCUT2D eigenvalue weighted by atomic mass is 10.1. The lowest BCUT2D eigenvalue weighted by Gasteiger charge is -2.04. The maximum atomic E-state index is 4.62. The summed E-state index contributed by atoms with van der Waals surface area (Å²) in [5.41, 5.74) is 3.06. The molecule has 0 aliphatic carbocycles. The van der Waals surface area contributed by atoms with Crippen molar-refractivity contribution < 1.29 is 0 Å². The number of fused-ring (bicyclic) bond motifs is 1. The van der Waals surface area contributed by atoms with E-state index in [0.29, 0.717) is 0 Å². The normalized spacial score (nSPS) is 10.8. The van der Waals surface area contributed by atoms with Gasteiger partial charge in [0.15, 0.2) is 5.65 Å². The van der Waals surface area contributed by atoms with Crippen LogP contribution in [0.2, 0.25) is 0 Å². The van der Waals surface area contributed by atoms with Gasteiger partial charge in [0.2, 0.25) is 0 Å². The fraction of sp³-hybridized carbons (Fsp3) is 0.0769. The van der Waals surface area contributed by atoms with Crippen LogP contribution in [0.15, 0.2) is 41.9 Å².